The first-order valence-electron chi connectivity index (χ1n) is 6.53. The summed E-state index contributed by atoms with van der Waals surface area (Å²) in [5.74, 6) is 0.966. The standard InChI is InChI=1S/C14H22N2O/c1-2-17-14-6-4-13(5-7-14)12-16-10-3-8-15-9-11-16/h4-7,15H,2-3,8-12H2,1H3. The van der Waals surface area contributed by atoms with Crippen molar-refractivity contribution in [3.8, 4) is 5.75 Å². The molecule has 0 radical (unpaired) electrons. The molecule has 0 bridgehead atoms. The second-order valence-corrected chi connectivity index (χ2v) is 4.46. The van der Waals surface area contributed by atoms with E-state index in [0.29, 0.717) is 0 Å². The highest BCUT2D eigenvalue weighted by molar-refractivity contribution is 5.27. The molecule has 94 valence electrons. The molecule has 3 nitrogen and oxygen atoms in total. The number of ether oxygens (including phenoxy) is 1. The Kier molecular flexibility index (Phi) is 4.83. The summed E-state index contributed by atoms with van der Waals surface area (Å²) in [5, 5.41) is 3.43. The molecule has 0 saturated carbocycles. The lowest BCUT2D eigenvalue weighted by Crippen LogP contribution is -2.27. The molecule has 3 heteroatoms. The molecular weight excluding hydrogens is 212 g/mol. The SMILES string of the molecule is CCOc1ccc(CN2CCCNCC2)cc1. The number of hydrogen-bond donors (Lipinski definition) is 1. The highest BCUT2D eigenvalue weighted by Crippen LogP contribution is 2.14. The minimum Gasteiger partial charge on any atom is -0.494 e. The third-order valence-electron chi connectivity index (χ3n) is 3.07. The summed E-state index contributed by atoms with van der Waals surface area (Å²) in [7, 11) is 0. The summed E-state index contributed by atoms with van der Waals surface area (Å²) >= 11 is 0. The van der Waals surface area contributed by atoms with Gasteiger partial charge in [-0.05, 0) is 44.1 Å². The van der Waals surface area contributed by atoms with Gasteiger partial charge in [0.15, 0.2) is 0 Å². The zero-order valence-corrected chi connectivity index (χ0v) is 10.6. The highest BCUT2D eigenvalue weighted by atomic mass is 16.5. The number of nitrogens with zero attached hydrogens (tertiary/aromatic N) is 1. The van der Waals surface area contributed by atoms with Gasteiger partial charge in [-0.2, -0.15) is 0 Å². The van der Waals surface area contributed by atoms with Crippen molar-refractivity contribution in [1.82, 2.24) is 10.2 Å². The Hall–Kier alpha value is -1.06. The molecule has 0 spiro atoms. The van der Waals surface area contributed by atoms with E-state index in [1.54, 1.807) is 0 Å². The van der Waals surface area contributed by atoms with Crippen molar-refractivity contribution in [2.45, 2.75) is 19.9 Å². The van der Waals surface area contributed by atoms with Crippen LogP contribution in [0.3, 0.4) is 0 Å². The maximum Gasteiger partial charge on any atom is 0.119 e. The van der Waals surface area contributed by atoms with Gasteiger partial charge in [-0.1, -0.05) is 12.1 Å². The average molecular weight is 234 g/mol. The van der Waals surface area contributed by atoms with Crippen LogP contribution in [0, 0.1) is 0 Å². The summed E-state index contributed by atoms with van der Waals surface area (Å²) in [6, 6.07) is 8.47. The van der Waals surface area contributed by atoms with Crippen molar-refractivity contribution in [3.63, 3.8) is 0 Å². The van der Waals surface area contributed by atoms with E-state index in [1.807, 2.05) is 6.92 Å². The summed E-state index contributed by atoms with van der Waals surface area (Å²) in [6.07, 6.45) is 1.25. The molecule has 0 atom stereocenters. The molecule has 1 aromatic rings. The van der Waals surface area contributed by atoms with Crippen LogP contribution in [0.2, 0.25) is 0 Å². The topological polar surface area (TPSA) is 24.5 Å². The zero-order valence-electron chi connectivity index (χ0n) is 10.6. The van der Waals surface area contributed by atoms with Gasteiger partial charge in [0.25, 0.3) is 0 Å². The van der Waals surface area contributed by atoms with Crippen LogP contribution < -0.4 is 10.1 Å². The summed E-state index contributed by atoms with van der Waals surface area (Å²) in [5.41, 5.74) is 1.37. The van der Waals surface area contributed by atoms with E-state index >= 15 is 0 Å². The molecule has 1 heterocycles. The van der Waals surface area contributed by atoms with Crippen LogP contribution in [0.1, 0.15) is 18.9 Å². The van der Waals surface area contributed by atoms with E-state index in [-0.39, 0.29) is 0 Å². The second kappa shape index (κ2) is 6.62. The number of rotatable bonds is 4. The Morgan fingerprint density at radius 3 is 2.76 bits per heavy atom. The summed E-state index contributed by atoms with van der Waals surface area (Å²) in [6.45, 7) is 8.40. The van der Waals surface area contributed by atoms with Crippen LogP contribution in [0.5, 0.6) is 5.75 Å². The molecule has 0 amide bonds. The van der Waals surface area contributed by atoms with Crippen molar-refractivity contribution in [3.05, 3.63) is 29.8 Å². The molecule has 0 aliphatic carbocycles. The smallest absolute Gasteiger partial charge is 0.119 e. The van der Waals surface area contributed by atoms with E-state index < -0.39 is 0 Å². The van der Waals surface area contributed by atoms with Gasteiger partial charge in [-0.25, -0.2) is 0 Å². The van der Waals surface area contributed by atoms with Gasteiger partial charge in [0.05, 0.1) is 6.61 Å². The van der Waals surface area contributed by atoms with Gasteiger partial charge >= 0.3 is 0 Å². The second-order valence-electron chi connectivity index (χ2n) is 4.46. The third-order valence-corrected chi connectivity index (χ3v) is 3.07. The quantitative estimate of drug-likeness (QED) is 0.861. The molecule has 1 aliphatic rings. The minimum atomic E-state index is 0.733. The van der Waals surface area contributed by atoms with Crippen LogP contribution in [0.25, 0.3) is 0 Å². The first-order chi connectivity index (χ1) is 8.38. The number of nitrogens with one attached hydrogen (secondary N) is 1. The molecular formula is C14H22N2O. The first-order valence-corrected chi connectivity index (χ1v) is 6.53. The molecule has 1 N–H and O–H groups in total. The van der Waals surface area contributed by atoms with Crippen molar-refractivity contribution in [1.29, 1.82) is 0 Å². The molecule has 0 unspecified atom stereocenters. The molecule has 2 rings (SSSR count). The first kappa shape index (κ1) is 12.4. The normalized spacial score (nSPS) is 17.7. The molecule has 1 saturated heterocycles. The largest absolute Gasteiger partial charge is 0.494 e. The van der Waals surface area contributed by atoms with E-state index in [1.165, 1.54) is 18.5 Å². The van der Waals surface area contributed by atoms with Gasteiger partial charge < -0.3 is 10.1 Å². The lowest BCUT2D eigenvalue weighted by atomic mass is 10.2. The highest BCUT2D eigenvalue weighted by Gasteiger charge is 2.08. The van der Waals surface area contributed by atoms with Gasteiger partial charge in [-0.15, -0.1) is 0 Å². The maximum atomic E-state index is 5.45. The molecule has 17 heavy (non-hydrogen) atoms. The average Bonchev–Trinajstić information content (AvgIpc) is 2.61. The number of benzene rings is 1. The predicted molar refractivity (Wildman–Crippen MR) is 70.4 cm³/mol. The lowest BCUT2D eigenvalue weighted by Gasteiger charge is -2.19. The van der Waals surface area contributed by atoms with Crippen LogP contribution in [-0.4, -0.2) is 37.7 Å². The fraction of sp³-hybridized carbons (Fsp3) is 0.571. The van der Waals surface area contributed by atoms with Crippen LogP contribution in [0.15, 0.2) is 24.3 Å². The Labute approximate surface area is 104 Å². The van der Waals surface area contributed by atoms with Crippen LogP contribution in [-0.2, 0) is 6.54 Å². The molecule has 0 aromatic heterocycles. The predicted octanol–water partition coefficient (Wildman–Crippen LogP) is 1.88. The van der Waals surface area contributed by atoms with E-state index in [4.69, 9.17) is 4.74 Å². The van der Waals surface area contributed by atoms with Crippen molar-refractivity contribution in [2.24, 2.45) is 0 Å². The zero-order chi connectivity index (χ0) is 11.9. The van der Waals surface area contributed by atoms with E-state index in [0.717, 1.165) is 38.5 Å². The van der Waals surface area contributed by atoms with Gasteiger partial charge in [0.2, 0.25) is 0 Å². The molecule has 1 fully saturated rings. The Morgan fingerprint density at radius 2 is 2.00 bits per heavy atom. The monoisotopic (exact) mass is 234 g/mol. The van der Waals surface area contributed by atoms with Gasteiger partial charge in [0.1, 0.15) is 5.75 Å². The summed E-state index contributed by atoms with van der Waals surface area (Å²) < 4.78 is 5.45. The van der Waals surface area contributed by atoms with Crippen molar-refractivity contribution < 1.29 is 4.74 Å². The van der Waals surface area contributed by atoms with E-state index in [2.05, 4.69) is 34.5 Å². The Bertz CT molecular complexity index is 315. The van der Waals surface area contributed by atoms with Gasteiger partial charge in [-0.3, -0.25) is 4.90 Å². The van der Waals surface area contributed by atoms with Crippen molar-refractivity contribution in [2.75, 3.05) is 32.8 Å². The fourth-order valence-corrected chi connectivity index (χ4v) is 2.18. The Morgan fingerprint density at radius 1 is 1.18 bits per heavy atom. The molecule has 1 aromatic carbocycles. The third kappa shape index (κ3) is 4.02. The molecule has 1 aliphatic heterocycles. The summed E-state index contributed by atoms with van der Waals surface area (Å²) in [4.78, 5) is 2.51. The van der Waals surface area contributed by atoms with E-state index in [9.17, 15) is 0 Å². The van der Waals surface area contributed by atoms with Gasteiger partial charge in [0, 0.05) is 19.6 Å². The fourth-order valence-electron chi connectivity index (χ4n) is 2.18. The minimum absolute atomic E-state index is 0.733. The number of hydrogen-bond acceptors (Lipinski definition) is 3. The van der Waals surface area contributed by atoms with Crippen LogP contribution in [0.4, 0.5) is 0 Å². The van der Waals surface area contributed by atoms with Crippen LogP contribution >= 0.6 is 0 Å². The maximum absolute atomic E-state index is 5.45. The van der Waals surface area contributed by atoms with Crippen molar-refractivity contribution >= 4 is 0 Å². The lowest BCUT2D eigenvalue weighted by molar-refractivity contribution is 0.284. The Balaban J connectivity index is 1.88.